The molecule has 3 aromatic rings. The van der Waals surface area contributed by atoms with Gasteiger partial charge in [-0.2, -0.15) is 4.98 Å². The Morgan fingerprint density at radius 2 is 2.00 bits per heavy atom. The van der Waals surface area contributed by atoms with Crippen molar-refractivity contribution in [3.8, 4) is 0 Å². The van der Waals surface area contributed by atoms with E-state index >= 15 is 0 Å². The number of hydrogen-bond donors (Lipinski definition) is 0. The number of fused-ring (bicyclic) bond motifs is 3. The largest absolute Gasteiger partial charge is 0.356 e. The van der Waals surface area contributed by atoms with Crippen molar-refractivity contribution in [2.45, 2.75) is 32.6 Å². The number of piperidine rings is 1. The highest BCUT2D eigenvalue weighted by Gasteiger charge is 2.20. The Morgan fingerprint density at radius 1 is 1.18 bits per heavy atom. The quantitative estimate of drug-likeness (QED) is 0.735. The molecule has 2 aromatic heterocycles. The molecule has 0 amide bonds. The Morgan fingerprint density at radius 3 is 2.82 bits per heavy atom. The summed E-state index contributed by atoms with van der Waals surface area (Å²) in [6.07, 6.45) is 3.68. The minimum atomic E-state index is -1.07. The van der Waals surface area contributed by atoms with Crippen molar-refractivity contribution >= 4 is 22.6 Å². The van der Waals surface area contributed by atoms with Gasteiger partial charge in [0.2, 0.25) is 5.78 Å². The zero-order chi connectivity index (χ0) is 16.7. The van der Waals surface area contributed by atoms with Crippen molar-refractivity contribution in [3.63, 3.8) is 0 Å². The maximum Gasteiger partial charge on any atom is 0.236 e. The van der Waals surface area contributed by atoms with Gasteiger partial charge in [0.05, 0.1) is 11.0 Å². The van der Waals surface area contributed by atoms with E-state index in [1.165, 1.54) is 0 Å². The maximum absolute atomic E-state index is 7.76. The summed E-state index contributed by atoms with van der Waals surface area (Å²) in [5, 5.41) is 0. The van der Waals surface area contributed by atoms with Gasteiger partial charge < -0.3 is 4.90 Å². The van der Waals surface area contributed by atoms with Crippen molar-refractivity contribution in [2.75, 3.05) is 18.0 Å². The summed E-state index contributed by atoms with van der Waals surface area (Å²) >= 11 is 0. The molecule has 0 saturated carbocycles. The highest BCUT2D eigenvalue weighted by Crippen LogP contribution is 2.25. The molecule has 1 aliphatic rings. The van der Waals surface area contributed by atoms with Crippen molar-refractivity contribution in [1.29, 1.82) is 0 Å². The van der Waals surface area contributed by atoms with E-state index in [1.807, 2.05) is 28.8 Å². The molecule has 0 bridgehead atoms. The van der Waals surface area contributed by atoms with Crippen LogP contribution in [0.15, 0.2) is 36.5 Å². The van der Waals surface area contributed by atoms with Crippen LogP contribution in [-0.4, -0.2) is 27.5 Å². The molecule has 0 unspecified atom stereocenters. The first-order chi connectivity index (χ1) is 11.5. The summed E-state index contributed by atoms with van der Waals surface area (Å²) in [6, 6.07) is 10.1. The van der Waals surface area contributed by atoms with Crippen LogP contribution < -0.4 is 4.90 Å². The summed E-state index contributed by atoms with van der Waals surface area (Å²) in [5.41, 5.74) is 2.04. The van der Waals surface area contributed by atoms with Crippen LogP contribution in [0.5, 0.6) is 0 Å². The third kappa shape index (κ3) is 2.32. The minimum absolute atomic E-state index is 0.471. The van der Waals surface area contributed by atoms with Crippen LogP contribution in [0.4, 0.5) is 5.82 Å². The monoisotopic (exact) mass is 296 g/mol. The Labute approximate surface area is 133 Å². The number of hydrogen-bond acceptors (Lipinski definition) is 3. The van der Waals surface area contributed by atoms with Gasteiger partial charge in [0.15, 0.2) is 0 Å². The standard InChI is InChI=1S/C18H22N4/c1-2-5-14-8-11-21(12-9-14)17-10-13-22-16-7-4-3-6-15(16)19-18(22)20-17/h3-4,6-7,10,13-14H,2,5,8-9,11-12H2,1H3/i2D2. The molecular weight excluding hydrogens is 272 g/mol. The summed E-state index contributed by atoms with van der Waals surface area (Å²) < 4.78 is 17.5. The highest BCUT2D eigenvalue weighted by molar-refractivity contribution is 5.79. The fourth-order valence-electron chi connectivity index (χ4n) is 3.37. The summed E-state index contributed by atoms with van der Waals surface area (Å²) in [5.74, 6) is 2.18. The third-order valence-corrected chi connectivity index (χ3v) is 4.60. The maximum atomic E-state index is 7.76. The molecule has 4 nitrogen and oxygen atoms in total. The second-order valence-corrected chi connectivity index (χ2v) is 6.04. The molecule has 0 radical (unpaired) electrons. The van der Waals surface area contributed by atoms with Gasteiger partial charge in [0.1, 0.15) is 5.82 Å². The zero-order valence-corrected chi connectivity index (χ0v) is 12.9. The van der Waals surface area contributed by atoms with E-state index in [9.17, 15) is 0 Å². The number of nitrogens with zero attached hydrogens (tertiary/aromatic N) is 4. The predicted octanol–water partition coefficient (Wildman–Crippen LogP) is 3.90. The van der Waals surface area contributed by atoms with Gasteiger partial charge in [-0.25, -0.2) is 4.98 Å². The van der Waals surface area contributed by atoms with Gasteiger partial charge in [-0.15, -0.1) is 0 Å². The molecule has 1 aliphatic heterocycles. The van der Waals surface area contributed by atoms with Crippen LogP contribution >= 0.6 is 0 Å². The molecule has 4 heteroatoms. The van der Waals surface area contributed by atoms with E-state index in [1.54, 1.807) is 6.92 Å². The number of imidazole rings is 1. The lowest BCUT2D eigenvalue weighted by Gasteiger charge is -2.32. The molecule has 0 spiro atoms. The average Bonchev–Trinajstić information content (AvgIpc) is 2.91. The van der Waals surface area contributed by atoms with Gasteiger partial charge >= 0.3 is 0 Å². The topological polar surface area (TPSA) is 33.4 Å². The van der Waals surface area contributed by atoms with Crippen LogP contribution in [0, 0.1) is 5.92 Å². The Hall–Kier alpha value is -2.10. The van der Waals surface area contributed by atoms with Crippen LogP contribution in [-0.2, 0) is 0 Å². The molecule has 22 heavy (non-hydrogen) atoms. The first-order valence-corrected chi connectivity index (χ1v) is 7.98. The molecule has 114 valence electrons. The van der Waals surface area contributed by atoms with Crippen LogP contribution in [0.2, 0.25) is 0 Å². The molecule has 0 atom stereocenters. The van der Waals surface area contributed by atoms with E-state index < -0.39 is 6.37 Å². The van der Waals surface area contributed by atoms with Gasteiger partial charge in [0, 0.05) is 22.0 Å². The van der Waals surface area contributed by atoms with Gasteiger partial charge in [-0.05, 0) is 37.0 Å². The first kappa shape index (κ1) is 11.5. The predicted molar refractivity (Wildman–Crippen MR) is 90.3 cm³/mol. The number of anilines is 1. The summed E-state index contributed by atoms with van der Waals surface area (Å²) in [4.78, 5) is 11.6. The fraction of sp³-hybridized carbons (Fsp3) is 0.444. The van der Waals surface area contributed by atoms with E-state index in [0.29, 0.717) is 12.3 Å². The van der Waals surface area contributed by atoms with Crippen molar-refractivity contribution < 1.29 is 2.74 Å². The minimum Gasteiger partial charge on any atom is -0.356 e. The van der Waals surface area contributed by atoms with E-state index in [4.69, 9.17) is 7.73 Å². The Balaban J connectivity index is 1.54. The first-order valence-electron chi connectivity index (χ1n) is 8.98. The van der Waals surface area contributed by atoms with Crippen molar-refractivity contribution in [3.05, 3.63) is 36.5 Å². The van der Waals surface area contributed by atoms with E-state index in [0.717, 1.165) is 48.6 Å². The number of aromatic nitrogens is 3. The zero-order valence-electron chi connectivity index (χ0n) is 14.9. The third-order valence-electron chi connectivity index (χ3n) is 4.60. The highest BCUT2D eigenvalue weighted by atomic mass is 15.2. The second-order valence-electron chi connectivity index (χ2n) is 6.04. The Kier molecular flexibility index (Phi) is 2.92. The molecule has 1 aromatic carbocycles. The fourth-order valence-corrected chi connectivity index (χ4v) is 3.37. The van der Waals surface area contributed by atoms with Crippen LogP contribution in [0.3, 0.4) is 0 Å². The normalized spacial score (nSPS) is 18.7. The molecule has 0 aliphatic carbocycles. The van der Waals surface area contributed by atoms with Crippen molar-refractivity contribution in [1.82, 2.24) is 14.4 Å². The smallest absolute Gasteiger partial charge is 0.236 e. The van der Waals surface area contributed by atoms with Gasteiger partial charge in [-0.3, -0.25) is 4.40 Å². The lowest BCUT2D eigenvalue weighted by atomic mass is 9.92. The van der Waals surface area contributed by atoms with E-state index in [-0.39, 0.29) is 0 Å². The molecule has 4 rings (SSSR count). The van der Waals surface area contributed by atoms with Crippen LogP contribution in [0.25, 0.3) is 16.8 Å². The molecule has 0 N–H and O–H groups in total. The average molecular weight is 296 g/mol. The van der Waals surface area contributed by atoms with E-state index in [2.05, 4.69) is 22.0 Å². The lowest BCUT2D eigenvalue weighted by Crippen LogP contribution is -2.34. The van der Waals surface area contributed by atoms with Gasteiger partial charge in [0.25, 0.3) is 0 Å². The van der Waals surface area contributed by atoms with Crippen molar-refractivity contribution in [2.24, 2.45) is 5.92 Å². The second kappa shape index (κ2) is 5.59. The van der Waals surface area contributed by atoms with Crippen LogP contribution in [0.1, 0.15) is 35.3 Å². The Bertz CT molecular complexity index is 860. The van der Waals surface area contributed by atoms with Gasteiger partial charge in [-0.1, -0.05) is 31.9 Å². The molecular formula is C18H22N4. The number of rotatable bonds is 3. The molecule has 1 fully saturated rings. The lowest BCUT2D eigenvalue weighted by molar-refractivity contribution is 0.377. The number of benzene rings is 1. The molecule has 1 saturated heterocycles. The molecule has 3 heterocycles. The summed E-state index contributed by atoms with van der Waals surface area (Å²) in [7, 11) is 0. The SMILES string of the molecule is [2H]C([2H])(C)CC1CCN(c2ccn3c(n2)nc2ccccc23)CC1. The number of para-hydroxylation sites is 2. The summed E-state index contributed by atoms with van der Waals surface area (Å²) in [6.45, 7) is 3.55.